The molecule has 2 aromatic rings. The van der Waals surface area contributed by atoms with Gasteiger partial charge in [0, 0.05) is 18.2 Å². The van der Waals surface area contributed by atoms with Gasteiger partial charge in [0.05, 0.1) is 6.61 Å². The lowest BCUT2D eigenvalue weighted by Crippen LogP contribution is -2.33. The molecule has 0 bridgehead atoms. The van der Waals surface area contributed by atoms with Crippen molar-refractivity contribution in [3.8, 4) is 0 Å². The van der Waals surface area contributed by atoms with Gasteiger partial charge in [-0.25, -0.2) is 9.59 Å². The number of hydrogen-bond donors (Lipinski definition) is 1. The van der Waals surface area contributed by atoms with Crippen molar-refractivity contribution in [2.75, 3.05) is 0 Å². The van der Waals surface area contributed by atoms with Crippen LogP contribution >= 0.6 is 0 Å². The number of amides is 2. The highest BCUT2D eigenvalue weighted by Gasteiger charge is 2.33. The number of fused-ring (bicyclic) bond motifs is 1. The van der Waals surface area contributed by atoms with Crippen LogP contribution in [0.1, 0.15) is 28.8 Å². The fourth-order valence-corrected chi connectivity index (χ4v) is 2.19. The molecule has 1 aromatic heterocycles. The predicted molar refractivity (Wildman–Crippen MR) is 74.9 cm³/mol. The summed E-state index contributed by atoms with van der Waals surface area (Å²) in [6.07, 6.45) is -0.0786. The molecule has 1 saturated heterocycles. The quantitative estimate of drug-likeness (QED) is 0.647. The molecule has 1 fully saturated rings. The fourth-order valence-electron chi connectivity index (χ4n) is 2.19. The van der Waals surface area contributed by atoms with Crippen LogP contribution in [-0.2, 0) is 21.0 Å². The minimum absolute atomic E-state index is 0.0393. The number of hydrogen-bond acceptors (Lipinski definition) is 7. The Morgan fingerprint density at radius 2 is 1.87 bits per heavy atom. The Bertz CT molecular complexity index is 867. The van der Waals surface area contributed by atoms with E-state index >= 15 is 0 Å². The minimum Gasteiger partial charge on any atom is -0.422 e. The largest absolute Gasteiger partial charge is 0.422 e. The van der Waals surface area contributed by atoms with Gasteiger partial charge in [-0.05, 0) is 17.7 Å². The Hall–Kier alpha value is -3.00. The molecule has 118 valence electrons. The Labute approximate surface area is 128 Å². The number of rotatable bonds is 3. The fraction of sp³-hybridized carbons (Fsp3) is 0.200. The number of nitrogens with zero attached hydrogens (tertiary/aromatic N) is 1. The van der Waals surface area contributed by atoms with Crippen LogP contribution in [0.15, 0.2) is 33.5 Å². The van der Waals surface area contributed by atoms with E-state index in [1.807, 2.05) is 0 Å². The van der Waals surface area contributed by atoms with Gasteiger partial charge < -0.3 is 14.4 Å². The lowest BCUT2D eigenvalue weighted by molar-refractivity contribution is -0.172. The van der Waals surface area contributed by atoms with E-state index in [-0.39, 0.29) is 25.0 Å². The van der Waals surface area contributed by atoms with Gasteiger partial charge in [-0.15, -0.1) is 5.06 Å². The van der Waals surface area contributed by atoms with E-state index in [9.17, 15) is 19.2 Å². The average Bonchev–Trinajstić information content (AvgIpc) is 2.85. The molecule has 23 heavy (non-hydrogen) atoms. The number of aliphatic hydroxyl groups excluding tert-OH is 1. The van der Waals surface area contributed by atoms with Gasteiger partial charge in [0.2, 0.25) is 0 Å². The summed E-state index contributed by atoms with van der Waals surface area (Å²) in [5.74, 6) is -2.42. The highest BCUT2D eigenvalue weighted by Crippen LogP contribution is 2.18. The molecule has 1 aliphatic rings. The third kappa shape index (κ3) is 2.71. The van der Waals surface area contributed by atoms with Crippen molar-refractivity contribution < 1.29 is 28.7 Å². The number of carbonyl (C=O) groups excluding carboxylic acids is 3. The van der Waals surface area contributed by atoms with Crippen LogP contribution in [0.25, 0.3) is 11.0 Å². The maximum Gasteiger partial charge on any atom is 0.371 e. The van der Waals surface area contributed by atoms with Crippen LogP contribution in [0.4, 0.5) is 0 Å². The van der Waals surface area contributed by atoms with Gasteiger partial charge in [-0.3, -0.25) is 9.59 Å². The Morgan fingerprint density at radius 1 is 1.17 bits per heavy atom. The van der Waals surface area contributed by atoms with Gasteiger partial charge in [0.1, 0.15) is 11.1 Å². The third-order valence-electron chi connectivity index (χ3n) is 3.38. The highest BCUT2D eigenvalue weighted by atomic mass is 16.7. The first-order chi connectivity index (χ1) is 11.0. The van der Waals surface area contributed by atoms with Crippen molar-refractivity contribution in [3.05, 3.63) is 45.8 Å². The number of imide groups is 1. The van der Waals surface area contributed by atoms with Crippen molar-refractivity contribution >= 4 is 28.8 Å². The Morgan fingerprint density at radius 3 is 2.52 bits per heavy atom. The molecule has 2 amide bonds. The number of carbonyl (C=O) groups is 3. The van der Waals surface area contributed by atoms with Crippen LogP contribution < -0.4 is 5.63 Å². The molecule has 0 radical (unpaired) electrons. The van der Waals surface area contributed by atoms with Crippen molar-refractivity contribution in [1.82, 2.24) is 5.06 Å². The van der Waals surface area contributed by atoms with Crippen molar-refractivity contribution in [1.29, 1.82) is 0 Å². The molecule has 0 saturated carbocycles. The first kappa shape index (κ1) is 14.9. The zero-order valence-electron chi connectivity index (χ0n) is 11.8. The summed E-state index contributed by atoms with van der Waals surface area (Å²) >= 11 is 0. The second-order valence-electron chi connectivity index (χ2n) is 4.94. The van der Waals surface area contributed by atoms with Gasteiger partial charge in [-0.2, -0.15) is 0 Å². The zero-order chi connectivity index (χ0) is 16.6. The van der Waals surface area contributed by atoms with Gasteiger partial charge in [0.15, 0.2) is 0 Å². The smallest absolute Gasteiger partial charge is 0.371 e. The molecule has 8 heteroatoms. The molecule has 8 nitrogen and oxygen atoms in total. The molecule has 3 rings (SSSR count). The van der Waals surface area contributed by atoms with E-state index in [4.69, 9.17) is 14.4 Å². The summed E-state index contributed by atoms with van der Waals surface area (Å²) < 4.78 is 5.02. The number of benzene rings is 1. The average molecular weight is 317 g/mol. The monoisotopic (exact) mass is 317 g/mol. The van der Waals surface area contributed by atoms with E-state index in [0.717, 1.165) is 0 Å². The SMILES string of the molecule is O=C(ON1C(=O)CCC1=O)c1cc2ccc(CO)cc2oc1=O. The predicted octanol–water partition coefficient (Wildman–Crippen LogP) is 0.506. The van der Waals surface area contributed by atoms with Crippen molar-refractivity contribution in [3.63, 3.8) is 0 Å². The van der Waals surface area contributed by atoms with E-state index in [1.54, 1.807) is 12.1 Å². The van der Waals surface area contributed by atoms with E-state index in [0.29, 0.717) is 16.0 Å². The van der Waals surface area contributed by atoms with Crippen LogP contribution in [-0.4, -0.2) is 28.0 Å². The highest BCUT2D eigenvalue weighted by molar-refractivity contribution is 6.03. The summed E-state index contributed by atoms with van der Waals surface area (Å²) in [4.78, 5) is 51.4. The first-order valence-electron chi connectivity index (χ1n) is 6.75. The van der Waals surface area contributed by atoms with Crippen LogP contribution in [0, 0.1) is 0 Å². The topological polar surface area (TPSA) is 114 Å². The zero-order valence-corrected chi connectivity index (χ0v) is 11.8. The molecule has 1 N–H and O–H groups in total. The summed E-state index contributed by atoms with van der Waals surface area (Å²) in [5.41, 5.74) is -0.644. The molecular formula is C15H11NO7. The molecule has 2 heterocycles. The summed E-state index contributed by atoms with van der Waals surface area (Å²) in [6.45, 7) is -0.220. The molecule has 0 spiro atoms. The Balaban J connectivity index is 1.94. The lowest BCUT2D eigenvalue weighted by atomic mass is 10.1. The molecule has 0 atom stereocenters. The van der Waals surface area contributed by atoms with Crippen LogP contribution in [0.3, 0.4) is 0 Å². The minimum atomic E-state index is -1.14. The van der Waals surface area contributed by atoms with E-state index < -0.39 is 29.0 Å². The normalized spacial score (nSPS) is 14.6. The Kier molecular flexibility index (Phi) is 3.67. The van der Waals surface area contributed by atoms with Crippen LogP contribution in [0.2, 0.25) is 0 Å². The van der Waals surface area contributed by atoms with E-state index in [1.165, 1.54) is 12.1 Å². The third-order valence-corrected chi connectivity index (χ3v) is 3.38. The van der Waals surface area contributed by atoms with Crippen molar-refractivity contribution in [2.24, 2.45) is 0 Å². The first-order valence-corrected chi connectivity index (χ1v) is 6.75. The maximum atomic E-state index is 12.0. The molecule has 0 aliphatic carbocycles. The second kappa shape index (κ2) is 5.65. The summed E-state index contributed by atoms with van der Waals surface area (Å²) in [5, 5.41) is 9.85. The van der Waals surface area contributed by atoms with E-state index in [2.05, 4.69) is 0 Å². The van der Waals surface area contributed by atoms with Gasteiger partial charge in [0.25, 0.3) is 11.8 Å². The number of aliphatic hydroxyl groups is 1. The van der Waals surface area contributed by atoms with Gasteiger partial charge in [-0.1, -0.05) is 12.1 Å². The molecule has 1 aromatic carbocycles. The summed E-state index contributed by atoms with van der Waals surface area (Å²) in [7, 11) is 0. The summed E-state index contributed by atoms with van der Waals surface area (Å²) in [6, 6.07) is 5.88. The van der Waals surface area contributed by atoms with Crippen LogP contribution in [0.5, 0.6) is 0 Å². The maximum absolute atomic E-state index is 12.0. The van der Waals surface area contributed by atoms with Crippen molar-refractivity contribution in [2.45, 2.75) is 19.4 Å². The lowest BCUT2D eigenvalue weighted by Gasteiger charge is -2.12. The molecular weight excluding hydrogens is 306 g/mol. The standard InChI is InChI=1S/C15H11NO7/c17-7-8-1-2-9-6-10(14(20)22-11(9)5-8)15(21)23-16-12(18)3-4-13(16)19/h1-2,5-6,17H,3-4,7H2. The van der Waals surface area contributed by atoms with Gasteiger partial charge >= 0.3 is 11.6 Å². The molecule has 1 aliphatic heterocycles. The number of hydroxylamine groups is 2. The second-order valence-corrected chi connectivity index (χ2v) is 4.94. The molecule has 0 unspecified atom stereocenters.